The van der Waals surface area contributed by atoms with Gasteiger partial charge in [0.1, 0.15) is 5.69 Å². The molecule has 0 amide bonds. The highest BCUT2D eigenvalue weighted by atomic mass is 16.5. The predicted octanol–water partition coefficient (Wildman–Crippen LogP) is 1.99. The first-order valence-electron chi connectivity index (χ1n) is 4.49. The zero-order chi connectivity index (χ0) is 12.8. The van der Waals surface area contributed by atoms with Crippen molar-refractivity contribution in [1.82, 2.24) is 0 Å². The van der Waals surface area contributed by atoms with E-state index in [1.54, 1.807) is 19.9 Å². The minimum Gasteiger partial charge on any atom is -0.384 e. The molecule has 0 aliphatic carbocycles. The monoisotopic (exact) mass is 229 g/mol. The third-order valence-electron chi connectivity index (χ3n) is 2.04. The lowest BCUT2D eigenvalue weighted by Crippen LogP contribution is -1.94. The molecule has 0 fully saturated rings. The van der Waals surface area contributed by atoms with Gasteiger partial charge in [-0.05, 0) is 25.0 Å². The summed E-state index contributed by atoms with van der Waals surface area (Å²) in [4.78, 5) is 13.7. The average molecular weight is 229 g/mol. The number of carbonyl (C=O) groups excluding carboxylic acids is 1. The van der Waals surface area contributed by atoms with E-state index in [9.17, 15) is 4.79 Å². The second-order valence-electron chi connectivity index (χ2n) is 3.11. The van der Waals surface area contributed by atoms with Crippen LogP contribution in [-0.2, 0) is 4.79 Å². The molecular weight excluding hydrogens is 222 g/mol. The molecule has 0 unspecified atom stereocenters. The molecule has 0 heterocycles. The molecule has 0 N–H and O–H groups in total. The highest BCUT2D eigenvalue weighted by molar-refractivity contribution is 5.69. The summed E-state index contributed by atoms with van der Waals surface area (Å²) in [6.45, 7) is 3.36. The molecule has 0 spiro atoms. The van der Waals surface area contributed by atoms with Gasteiger partial charge in [-0.2, -0.15) is 4.99 Å². The largest absolute Gasteiger partial charge is 0.384 e. The van der Waals surface area contributed by atoms with Crippen molar-refractivity contribution in [2.75, 3.05) is 0 Å². The number of ether oxygens (including phenoxy) is 2. The fourth-order valence-electron chi connectivity index (χ4n) is 1.42. The van der Waals surface area contributed by atoms with Crippen molar-refractivity contribution in [2.45, 2.75) is 13.8 Å². The molecule has 6 nitrogen and oxygen atoms in total. The Morgan fingerprint density at radius 2 is 1.71 bits per heavy atom. The van der Waals surface area contributed by atoms with E-state index in [2.05, 4.69) is 4.99 Å². The van der Waals surface area contributed by atoms with Gasteiger partial charge < -0.3 is 9.47 Å². The van der Waals surface area contributed by atoms with Crippen LogP contribution < -0.4 is 9.47 Å². The van der Waals surface area contributed by atoms with Crippen LogP contribution in [-0.4, -0.2) is 6.08 Å². The lowest BCUT2D eigenvalue weighted by Gasteiger charge is -2.10. The first-order valence-corrected chi connectivity index (χ1v) is 4.49. The van der Waals surface area contributed by atoms with Crippen molar-refractivity contribution < 1.29 is 14.3 Å². The Hall–Kier alpha value is -2.82. The van der Waals surface area contributed by atoms with Gasteiger partial charge in [-0.1, -0.05) is 6.07 Å². The fourth-order valence-corrected chi connectivity index (χ4v) is 1.42. The van der Waals surface area contributed by atoms with Crippen molar-refractivity contribution in [3.8, 4) is 24.0 Å². The summed E-state index contributed by atoms with van der Waals surface area (Å²) in [5, 5.41) is 17.0. The molecule has 0 radical (unpaired) electrons. The molecular formula is C11H7N3O3. The van der Waals surface area contributed by atoms with Gasteiger partial charge in [0.05, 0.1) is 0 Å². The van der Waals surface area contributed by atoms with Gasteiger partial charge in [0.2, 0.25) is 11.8 Å². The topological polar surface area (TPSA) is 95.5 Å². The summed E-state index contributed by atoms with van der Waals surface area (Å²) in [7, 11) is 0. The van der Waals surface area contributed by atoms with Crippen LogP contribution in [0.4, 0.5) is 5.69 Å². The second-order valence-corrected chi connectivity index (χ2v) is 3.11. The van der Waals surface area contributed by atoms with E-state index in [0.29, 0.717) is 11.1 Å². The molecule has 1 aromatic carbocycles. The molecule has 0 aliphatic rings. The zero-order valence-corrected chi connectivity index (χ0v) is 9.14. The van der Waals surface area contributed by atoms with Gasteiger partial charge >= 0.3 is 0 Å². The minimum absolute atomic E-state index is 0.0603. The summed E-state index contributed by atoms with van der Waals surface area (Å²) in [6, 6.07) is 1.66. The van der Waals surface area contributed by atoms with Gasteiger partial charge in [0, 0.05) is 0 Å². The number of aryl methyl sites for hydroxylation is 2. The minimum atomic E-state index is -0.0603. The Kier molecular flexibility index (Phi) is 3.83. The maximum Gasteiger partial charge on any atom is 0.292 e. The lowest BCUT2D eigenvalue weighted by atomic mass is 10.1. The summed E-state index contributed by atoms with van der Waals surface area (Å²) in [5.74, 6) is 0.00329. The summed E-state index contributed by atoms with van der Waals surface area (Å²) < 4.78 is 9.39. The van der Waals surface area contributed by atoms with Gasteiger partial charge in [-0.3, -0.25) is 0 Å². The number of nitriles is 2. The number of aliphatic imine (C=N–C) groups is 1. The zero-order valence-electron chi connectivity index (χ0n) is 9.14. The van der Waals surface area contributed by atoms with E-state index in [0.717, 1.165) is 0 Å². The summed E-state index contributed by atoms with van der Waals surface area (Å²) in [6.07, 6.45) is 4.30. The smallest absolute Gasteiger partial charge is 0.292 e. The van der Waals surface area contributed by atoms with Crippen molar-refractivity contribution >= 4 is 11.8 Å². The van der Waals surface area contributed by atoms with Crippen LogP contribution in [0.15, 0.2) is 11.1 Å². The van der Waals surface area contributed by atoms with Gasteiger partial charge in [0.15, 0.2) is 5.75 Å². The SMILES string of the molecule is Cc1cc(C)c(OC#N)c(OC#N)c1N=C=O. The Morgan fingerprint density at radius 1 is 1.12 bits per heavy atom. The molecule has 6 heteroatoms. The lowest BCUT2D eigenvalue weighted by molar-refractivity contribution is 0.439. The first-order chi connectivity index (χ1) is 8.15. The quantitative estimate of drug-likeness (QED) is 0.448. The third kappa shape index (κ3) is 2.40. The van der Waals surface area contributed by atoms with Crippen molar-refractivity contribution in [3.05, 3.63) is 17.2 Å². The number of hydrogen-bond acceptors (Lipinski definition) is 6. The summed E-state index contributed by atoms with van der Waals surface area (Å²) >= 11 is 0. The number of isocyanates is 1. The Morgan fingerprint density at radius 3 is 2.24 bits per heavy atom. The Bertz CT molecular complexity index is 575. The Balaban J connectivity index is 3.60. The molecule has 0 saturated heterocycles. The van der Waals surface area contributed by atoms with E-state index < -0.39 is 0 Å². The molecule has 1 rings (SSSR count). The van der Waals surface area contributed by atoms with Gasteiger partial charge in [-0.25, -0.2) is 4.79 Å². The van der Waals surface area contributed by atoms with Crippen LogP contribution >= 0.6 is 0 Å². The molecule has 0 aliphatic heterocycles. The molecule has 1 aromatic rings. The molecule has 84 valence electrons. The maximum absolute atomic E-state index is 10.3. The van der Waals surface area contributed by atoms with Crippen molar-refractivity contribution in [2.24, 2.45) is 4.99 Å². The Labute approximate surface area is 97.3 Å². The van der Waals surface area contributed by atoms with Crippen LogP contribution in [0.2, 0.25) is 0 Å². The first kappa shape index (κ1) is 12.3. The third-order valence-corrected chi connectivity index (χ3v) is 2.04. The second kappa shape index (κ2) is 5.32. The molecule has 0 saturated carbocycles. The maximum atomic E-state index is 10.3. The predicted molar refractivity (Wildman–Crippen MR) is 56.2 cm³/mol. The van der Waals surface area contributed by atoms with E-state index in [1.165, 1.54) is 18.6 Å². The van der Waals surface area contributed by atoms with Crippen molar-refractivity contribution in [1.29, 1.82) is 10.5 Å². The average Bonchev–Trinajstić information content (AvgIpc) is 2.29. The molecule has 17 heavy (non-hydrogen) atoms. The van der Waals surface area contributed by atoms with E-state index in [4.69, 9.17) is 20.0 Å². The van der Waals surface area contributed by atoms with Crippen molar-refractivity contribution in [3.63, 3.8) is 0 Å². The van der Waals surface area contributed by atoms with Gasteiger partial charge in [0.25, 0.3) is 12.5 Å². The van der Waals surface area contributed by atoms with Crippen LogP contribution in [0.3, 0.4) is 0 Å². The number of hydrogen-bond donors (Lipinski definition) is 0. The van der Waals surface area contributed by atoms with Crippen LogP contribution in [0.25, 0.3) is 0 Å². The van der Waals surface area contributed by atoms with E-state index >= 15 is 0 Å². The van der Waals surface area contributed by atoms with Crippen LogP contribution in [0, 0.1) is 36.9 Å². The standard InChI is InChI=1S/C11H7N3O3/c1-7-3-8(2)10(16-4-12)11(17-5-13)9(7)14-6-15/h3H,1-2H3. The number of rotatable bonds is 3. The van der Waals surface area contributed by atoms with Crippen LogP contribution in [0.1, 0.15) is 11.1 Å². The molecule has 0 atom stereocenters. The fraction of sp³-hybridized carbons (Fsp3) is 0.182. The molecule has 0 aromatic heterocycles. The van der Waals surface area contributed by atoms with E-state index in [1.807, 2.05) is 0 Å². The normalized spacial score (nSPS) is 8.47. The van der Waals surface area contributed by atoms with Gasteiger partial charge in [-0.15, -0.1) is 10.5 Å². The summed E-state index contributed by atoms with van der Waals surface area (Å²) in [5.41, 5.74) is 1.33. The highest BCUT2D eigenvalue weighted by Gasteiger charge is 2.18. The number of benzene rings is 1. The highest BCUT2D eigenvalue weighted by Crippen LogP contribution is 2.42. The van der Waals surface area contributed by atoms with E-state index in [-0.39, 0.29) is 17.2 Å². The molecule has 0 bridgehead atoms. The number of nitrogens with zero attached hydrogens (tertiary/aromatic N) is 3. The van der Waals surface area contributed by atoms with Crippen LogP contribution in [0.5, 0.6) is 11.5 Å².